The van der Waals surface area contributed by atoms with Crippen LogP contribution in [0.2, 0.25) is 5.15 Å². The SMILES string of the molecule is O=C(/C=C/c1ccnc(Cl)c1)NC(CO)c1ccco1. The van der Waals surface area contributed by atoms with E-state index in [4.69, 9.17) is 16.0 Å². The second kappa shape index (κ2) is 6.88. The van der Waals surface area contributed by atoms with E-state index in [0.29, 0.717) is 10.9 Å². The Labute approximate surface area is 120 Å². The van der Waals surface area contributed by atoms with E-state index in [2.05, 4.69) is 10.3 Å². The maximum Gasteiger partial charge on any atom is 0.244 e. The summed E-state index contributed by atoms with van der Waals surface area (Å²) in [7, 11) is 0. The highest BCUT2D eigenvalue weighted by Crippen LogP contribution is 2.13. The first-order valence-corrected chi connectivity index (χ1v) is 6.31. The van der Waals surface area contributed by atoms with Crippen LogP contribution in [-0.4, -0.2) is 22.6 Å². The summed E-state index contributed by atoms with van der Waals surface area (Å²) in [5, 5.41) is 12.2. The molecular weight excluding hydrogens is 280 g/mol. The van der Waals surface area contributed by atoms with Crippen molar-refractivity contribution in [1.29, 1.82) is 0 Å². The summed E-state index contributed by atoms with van der Waals surface area (Å²) in [6.07, 6.45) is 6.01. The minimum atomic E-state index is -0.567. The number of rotatable bonds is 5. The summed E-state index contributed by atoms with van der Waals surface area (Å²) in [4.78, 5) is 15.6. The monoisotopic (exact) mass is 292 g/mol. The Morgan fingerprint density at radius 1 is 1.55 bits per heavy atom. The lowest BCUT2D eigenvalue weighted by molar-refractivity contribution is -0.117. The number of furan rings is 1. The third kappa shape index (κ3) is 3.94. The van der Waals surface area contributed by atoms with E-state index in [-0.39, 0.29) is 12.5 Å². The number of hydrogen-bond acceptors (Lipinski definition) is 4. The Balaban J connectivity index is 1.98. The maximum absolute atomic E-state index is 11.8. The zero-order chi connectivity index (χ0) is 14.4. The summed E-state index contributed by atoms with van der Waals surface area (Å²) in [6, 6.07) is 6.18. The molecule has 20 heavy (non-hydrogen) atoms. The molecule has 2 N–H and O–H groups in total. The van der Waals surface area contributed by atoms with Gasteiger partial charge in [-0.05, 0) is 35.9 Å². The Kier molecular flexibility index (Phi) is 4.92. The number of halogens is 1. The van der Waals surface area contributed by atoms with Crippen LogP contribution in [0.15, 0.2) is 47.2 Å². The van der Waals surface area contributed by atoms with Gasteiger partial charge in [0.25, 0.3) is 0 Å². The van der Waals surface area contributed by atoms with Crippen molar-refractivity contribution >= 4 is 23.6 Å². The van der Waals surface area contributed by atoms with Gasteiger partial charge in [-0.1, -0.05) is 11.6 Å². The molecule has 0 aliphatic rings. The molecule has 104 valence electrons. The number of aliphatic hydroxyl groups excluding tert-OH is 1. The summed E-state index contributed by atoms with van der Waals surface area (Å²) in [5.74, 6) is 0.162. The lowest BCUT2D eigenvalue weighted by atomic mass is 10.2. The predicted octanol–water partition coefficient (Wildman–Crippen LogP) is 2.19. The first kappa shape index (κ1) is 14.3. The molecule has 2 rings (SSSR count). The average Bonchev–Trinajstić information content (AvgIpc) is 2.96. The Bertz CT molecular complexity index is 596. The van der Waals surface area contributed by atoms with Crippen LogP contribution in [0.3, 0.4) is 0 Å². The number of pyridine rings is 1. The number of nitrogens with zero attached hydrogens (tertiary/aromatic N) is 1. The van der Waals surface area contributed by atoms with Gasteiger partial charge in [0.2, 0.25) is 5.91 Å². The third-order valence-electron chi connectivity index (χ3n) is 2.56. The van der Waals surface area contributed by atoms with E-state index < -0.39 is 6.04 Å². The van der Waals surface area contributed by atoms with Crippen molar-refractivity contribution in [3.8, 4) is 0 Å². The zero-order valence-electron chi connectivity index (χ0n) is 10.5. The normalized spacial score (nSPS) is 12.5. The number of amides is 1. The Morgan fingerprint density at radius 3 is 3.05 bits per heavy atom. The smallest absolute Gasteiger partial charge is 0.244 e. The van der Waals surface area contributed by atoms with Gasteiger partial charge >= 0.3 is 0 Å². The molecule has 0 bridgehead atoms. The van der Waals surface area contributed by atoms with Gasteiger partial charge in [-0.3, -0.25) is 4.79 Å². The molecule has 0 fully saturated rings. The number of aromatic nitrogens is 1. The summed E-state index contributed by atoms with van der Waals surface area (Å²) in [6.45, 7) is -0.242. The van der Waals surface area contributed by atoms with Gasteiger partial charge in [0.15, 0.2) is 0 Å². The van der Waals surface area contributed by atoms with Gasteiger partial charge in [0, 0.05) is 12.3 Å². The van der Waals surface area contributed by atoms with E-state index in [1.807, 2.05) is 0 Å². The zero-order valence-corrected chi connectivity index (χ0v) is 11.2. The van der Waals surface area contributed by atoms with Gasteiger partial charge in [0.05, 0.1) is 12.9 Å². The van der Waals surface area contributed by atoms with Crippen LogP contribution in [0.5, 0.6) is 0 Å². The maximum atomic E-state index is 11.8. The molecule has 1 amide bonds. The molecule has 0 aromatic carbocycles. The fourth-order valence-electron chi connectivity index (χ4n) is 1.61. The van der Waals surface area contributed by atoms with Crippen molar-refractivity contribution in [2.75, 3.05) is 6.61 Å². The van der Waals surface area contributed by atoms with E-state index in [0.717, 1.165) is 5.56 Å². The van der Waals surface area contributed by atoms with Crippen molar-refractivity contribution < 1.29 is 14.3 Å². The molecule has 2 heterocycles. The van der Waals surface area contributed by atoms with Crippen LogP contribution in [0.25, 0.3) is 6.08 Å². The summed E-state index contributed by atoms with van der Waals surface area (Å²) in [5.41, 5.74) is 0.763. The van der Waals surface area contributed by atoms with E-state index in [1.54, 1.807) is 36.5 Å². The van der Waals surface area contributed by atoms with E-state index in [1.165, 1.54) is 12.3 Å². The van der Waals surface area contributed by atoms with Gasteiger partial charge in [-0.15, -0.1) is 0 Å². The number of aliphatic hydroxyl groups is 1. The lowest BCUT2D eigenvalue weighted by Gasteiger charge is -2.11. The lowest BCUT2D eigenvalue weighted by Crippen LogP contribution is -2.28. The van der Waals surface area contributed by atoms with Crippen LogP contribution < -0.4 is 5.32 Å². The van der Waals surface area contributed by atoms with Crippen molar-refractivity contribution in [3.63, 3.8) is 0 Å². The number of hydrogen-bond donors (Lipinski definition) is 2. The van der Waals surface area contributed by atoms with Gasteiger partial charge in [-0.25, -0.2) is 4.98 Å². The van der Waals surface area contributed by atoms with Crippen LogP contribution in [0, 0.1) is 0 Å². The van der Waals surface area contributed by atoms with Crippen molar-refractivity contribution in [1.82, 2.24) is 10.3 Å². The largest absolute Gasteiger partial charge is 0.467 e. The highest BCUT2D eigenvalue weighted by Gasteiger charge is 2.14. The summed E-state index contributed by atoms with van der Waals surface area (Å²) < 4.78 is 5.14. The van der Waals surface area contributed by atoms with Crippen LogP contribution in [0.1, 0.15) is 17.4 Å². The highest BCUT2D eigenvalue weighted by atomic mass is 35.5. The minimum Gasteiger partial charge on any atom is -0.467 e. The molecule has 0 saturated carbocycles. The van der Waals surface area contributed by atoms with Crippen LogP contribution in [0.4, 0.5) is 0 Å². The number of nitrogens with one attached hydrogen (secondary N) is 1. The first-order valence-electron chi connectivity index (χ1n) is 5.93. The molecular formula is C14H13ClN2O3. The highest BCUT2D eigenvalue weighted by molar-refractivity contribution is 6.29. The fraction of sp³-hybridized carbons (Fsp3) is 0.143. The van der Waals surface area contributed by atoms with Gasteiger partial charge in [0.1, 0.15) is 17.0 Å². The van der Waals surface area contributed by atoms with Crippen molar-refractivity contribution in [3.05, 3.63) is 59.3 Å². The second-order valence-electron chi connectivity index (χ2n) is 4.00. The molecule has 1 unspecified atom stereocenters. The number of carbonyl (C=O) groups excluding carboxylic acids is 1. The topological polar surface area (TPSA) is 75.4 Å². The molecule has 0 aliphatic heterocycles. The predicted molar refractivity (Wildman–Crippen MR) is 75.0 cm³/mol. The fourth-order valence-corrected chi connectivity index (χ4v) is 1.79. The molecule has 6 heteroatoms. The first-order chi connectivity index (χ1) is 9.69. The molecule has 0 radical (unpaired) electrons. The molecule has 2 aromatic heterocycles. The second-order valence-corrected chi connectivity index (χ2v) is 4.39. The van der Waals surface area contributed by atoms with E-state index >= 15 is 0 Å². The Morgan fingerprint density at radius 2 is 2.40 bits per heavy atom. The van der Waals surface area contributed by atoms with Gasteiger partial charge < -0.3 is 14.8 Å². The van der Waals surface area contributed by atoms with E-state index in [9.17, 15) is 9.90 Å². The molecule has 0 spiro atoms. The third-order valence-corrected chi connectivity index (χ3v) is 2.77. The van der Waals surface area contributed by atoms with Crippen LogP contribution in [-0.2, 0) is 4.79 Å². The molecule has 1 atom stereocenters. The molecule has 5 nitrogen and oxygen atoms in total. The summed E-state index contributed by atoms with van der Waals surface area (Å²) >= 11 is 5.74. The molecule has 2 aromatic rings. The standard InChI is InChI=1S/C14H13ClN2O3/c15-13-8-10(5-6-16-13)3-4-14(19)17-11(9-18)12-2-1-7-20-12/h1-8,11,18H,9H2,(H,17,19)/b4-3+. The van der Waals surface area contributed by atoms with Crippen LogP contribution >= 0.6 is 11.6 Å². The molecule has 0 saturated heterocycles. The number of carbonyl (C=O) groups is 1. The van der Waals surface area contributed by atoms with Gasteiger partial charge in [-0.2, -0.15) is 0 Å². The quantitative estimate of drug-likeness (QED) is 0.654. The average molecular weight is 293 g/mol. The molecule has 0 aliphatic carbocycles. The Hall–Kier alpha value is -2.11. The van der Waals surface area contributed by atoms with Crippen molar-refractivity contribution in [2.45, 2.75) is 6.04 Å². The van der Waals surface area contributed by atoms with Crippen molar-refractivity contribution in [2.24, 2.45) is 0 Å². The minimum absolute atomic E-state index is 0.242.